The van der Waals surface area contributed by atoms with E-state index in [4.69, 9.17) is 9.59 Å². The Morgan fingerprint density at radius 2 is 1.71 bits per heavy atom. The van der Waals surface area contributed by atoms with E-state index in [9.17, 15) is 4.79 Å². The molecule has 34 heavy (non-hydrogen) atoms. The number of nitrogens with zero attached hydrogens (tertiary/aromatic N) is 2. The SMILES string of the molecule is Cc1cccc(-c2ccc(CNC(=O)c3nccc4ccccc34)c3cnccc23)c1.O=C=O. The van der Waals surface area contributed by atoms with Crippen LogP contribution >= 0.6 is 0 Å². The standard InChI is InChI=1S/C27H21N3O.CO2/c1-18-5-4-7-20(15-18)22-10-9-21(25-17-28-13-12-24(22)25)16-30-27(31)26-23-8-3-2-6-19(23)11-14-29-26;2-1-3/h2-15,17H,16H2,1H3,(H,30,31);. The van der Waals surface area contributed by atoms with Crippen LogP contribution in [-0.4, -0.2) is 22.0 Å². The number of benzene rings is 3. The van der Waals surface area contributed by atoms with Crippen molar-refractivity contribution in [1.29, 1.82) is 0 Å². The molecule has 0 aliphatic carbocycles. The molecule has 0 unspecified atom stereocenters. The smallest absolute Gasteiger partial charge is 0.347 e. The second-order valence-electron chi connectivity index (χ2n) is 7.71. The largest absolute Gasteiger partial charge is 0.373 e. The number of fused-ring (bicyclic) bond motifs is 2. The minimum Gasteiger partial charge on any atom is -0.347 e. The molecule has 6 nitrogen and oxygen atoms in total. The van der Waals surface area contributed by atoms with Crippen LogP contribution < -0.4 is 5.32 Å². The van der Waals surface area contributed by atoms with Crippen LogP contribution in [0.5, 0.6) is 0 Å². The lowest BCUT2D eigenvalue weighted by Gasteiger charge is -2.13. The van der Waals surface area contributed by atoms with Crippen LogP contribution in [0.25, 0.3) is 32.7 Å². The van der Waals surface area contributed by atoms with Crippen LogP contribution in [0.4, 0.5) is 0 Å². The van der Waals surface area contributed by atoms with Gasteiger partial charge in [-0.05, 0) is 46.5 Å². The molecule has 0 fully saturated rings. The number of aromatic nitrogens is 2. The molecule has 6 heteroatoms. The van der Waals surface area contributed by atoms with Crippen molar-refractivity contribution in [3.63, 3.8) is 0 Å². The average Bonchev–Trinajstić information content (AvgIpc) is 2.87. The first-order valence-corrected chi connectivity index (χ1v) is 10.7. The zero-order chi connectivity index (χ0) is 23.9. The van der Waals surface area contributed by atoms with E-state index in [-0.39, 0.29) is 12.1 Å². The maximum absolute atomic E-state index is 12.9. The quantitative estimate of drug-likeness (QED) is 0.414. The highest BCUT2D eigenvalue weighted by Crippen LogP contribution is 2.31. The number of nitrogens with one attached hydrogen (secondary N) is 1. The van der Waals surface area contributed by atoms with Crippen LogP contribution in [0.3, 0.4) is 0 Å². The fourth-order valence-electron chi connectivity index (χ4n) is 4.03. The lowest BCUT2D eigenvalue weighted by molar-refractivity contribution is -0.191. The Labute approximate surface area is 196 Å². The first-order valence-electron chi connectivity index (χ1n) is 10.7. The van der Waals surface area contributed by atoms with Gasteiger partial charge in [-0.2, -0.15) is 9.59 Å². The Balaban J connectivity index is 0.000000868. The maximum Gasteiger partial charge on any atom is 0.373 e. The van der Waals surface area contributed by atoms with Gasteiger partial charge >= 0.3 is 6.15 Å². The lowest BCUT2D eigenvalue weighted by atomic mass is 9.95. The third-order valence-corrected chi connectivity index (χ3v) is 5.57. The number of pyridine rings is 2. The number of hydrogen-bond acceptors (Lipinski definition) is 5. The van der Waals surface area contributed by atoms with E-state index in [1.54, 1.807) is 6.20 Å². The number of carbonyl (C=O) groups excluding carboxylic acids is 3. The van der Waals surface area contributed by atoms with Gasteiger partial charge in [-0.1, -0.05) is 66.2 Å². The van der Waals surface area contributed by atoms with Crippen molar-refractivity contribution in [2.24, 2.45) is 0 Å². The molecule has 0 atom stereocenters. The summed E-state index contributed by atoms with van der Waals surface area (Å²) in [6.07, 6.45) is 5.60. The number of hydrogen-bond donors (Lipinski definition) is 1. The van der Waals surface area contributed by atoms with E-state index in [2.05, 4.69) is 58.6 Å². The van der Waals surface area contributed by atoms with Crippen LogP contribution in [0.2, 0.25) is 0 Å². The van der Waals surface area contributed by atoms with Gasteiger partial charge in [0.05, 0.1) is 0 Å². The third-order valence-electron chi connectivity index (χ3n) is 5.57. The Hall–Kier alpha value is -4.67. The molecule has 0 aliphatic rings. The minimum absolute atomic E-state index is 0.184. The van der Waals surface area contributed by atoms with Gasteiger partial charge in [0.1, 0.15) is 5.69 Å². The molecule has 166 valence electrons. The van der Waals surface area contributed by atoms with Crippen molar-refractivity contribution in [1.82, 2.24) is 15.3 Å². The normalized spacial score (nSPS) is 10.3. The van der Waals surface area contributed by atoms with Crippen molar-refractivity contribution in [2.75, 3.05) is 0 Å². The fourth-order valence-corrected chi connectivity index (χ4v) is 4.03. The van der Waals surface area contributed by atoms with Gasteiger partial charge in [-0.25, -0.2) is 0 Å². The van der Waals surface area contributed by atoms with Gasteiger partial charge in [-0.15, -0.1) is 0 Å². The topological polar surface area (TPSA) is 89.0 Å². The molecule has 2 aromatic heterocycles. The molecule has 5 rings (SSSR count). The minimum atomic E-state index is -0.184. The van der Waals surface area contributed by atoms with Gasteiger partial charge in [-0.3, -0.25) is 14.8 Å². The highest BCUT2D eigenvalue weighted by Gasteiger charge is 2.13. The molecule has 3 aromatic carbocycles. The molecule has 0 aliphatic heterocycles. The van der Waals surface area contributed by atoms with Crippen molar-refractivity contribution in [3.8, 4) is 11.1 Å². The summed E-state index contributed by atoms with van der Waals surface area (Å²) in [4.78, 5) is 37.8. The van der Waals surface area contributed by atoms with Gasteiger partial charge < -0.3 is 5.32 Å². The molecule has 0 saturated heterocycles. The Bertz CT molecular complexity index is 1520. The summed E-state index contributed by atoms with van der Waals surface area (Å²) in [7, 11) is 0. The van der Waals surface area contributed by atoms with Gasteiger partial charge in [0.2, 0.25) is 0 Å². The van der Waals surface area contributed by atoms with E-state index in [1.165, 1.54) is 11.1 Å². The monoisotopic (exact) mass is 447 g/mol. The molecule has 0 radical (unpaired) electrons. The van der Waals surface area contributed by atoms with E-state index in [0.29, 0.717) is 12.2 Å². The predicted octanol–water partition coefficient (Wildman–Crippen LogP) is 5.10. The molecule has 0 spiro atoms. The van der Waals surface area contributed by atoms with Crippen LogP contribution in [0, 0.1) is 6.92 Å². The number of carbonyl (C=O) groups is 1. The molecule has 2 heterocycles. The number of aryl methyl sites for hydroxylation is 1. The average molecular weight is 447 g/mol. The van der Waals surface area contributed by atoms with Crippen molar-refractivity contribution < 1.29 is 14.4 Å². The predicted molar refractivity (Wildman–Crippen MR) is 130 cm³/mol. The van der Waals surface area contributed by atoms with E-state index < -0.39 is 0 Å². The lowest BCUT2D eigenvalue weighted by Crippen LogP contribution is -2.24. The molecule has 1 amide bonds. The van der Waals surface area contributed by atoms with Crippen LogP contribution in [0.15, 0.2) is 91.4 Å². The zero-order valence-corrected chi connectivity index (χ0v) is 18.5. The molecule has 5 aromatic rings. The summed E-state index contributed by atoms with van der Waals surface area (Å²) in [5, 5.41) is 7.05. The Morgan fingerprint density at radius 1 is 0.882 bits per heavy atom. The second kappa shape index (κ2) is 10.3. The summed E-state index contributed by atoms with van der Waals surface area (Å²) in [6, 6.07) is 24.4. The summed E-state index contributed by atoms with van der Waals surface area (Å²) < 4.78 is 0. The number of amides is 1. The van der Waals surface area contributed by atoms with Crippen molar-refractivity contribution in [3.05, 3.63) is 108 Å². The molecular formula is C28H21N3O3. The van der Waals surface area contributed by atoms with Crippen molar-refractivity contribution in [2.45, 2.75) is 13.5 Å². The molecular weight excluding hydrogens is 426 g/mol. The van der Waals surface area contributed by atoms with Gasteiger partial charge in [0, 0.05) is 35.9 Å². The van der Waals surface area contributed by atoms with Crippen LogP contribution in [-0.2, 0) is 16.1 Å². The first kappa shape index (κ1) is 22.5. The van der Waals surface area contributed by atoms with Crippen LogP contribution in [0.1, 0.15) is 21.6 Å². The third kappa shape index (κ3) is 4.72. The summed E-state index contributed by atoms with van der Waals surface area (Å²) in [5.41, 5.74) is 5.02. The first-order chi connectivity index (χ1) is 16.6. The molecule has 1 N–H and O–H groups in total. The highest BCUT2D eigenvalue weighted by atomic mass is 16.2. The molecule has 0 saturated carbocycles. The molecule has 0 bridgehead atoms. The van der Waals surface area contributed by atoms with Gasteiger partial charge in [0.25, 0.3) is 5.91 Å². The van der Waals surface area contributed by atoms with Gasteiger partial charge in [0.15, 0.2) is 0 Å². The second-order valence-corrected chi connectivity index (χ2v) is 7.71. The summed E-state index contributed by atoms with van der Waals surface area (Å²) >= 11 is 0. The Morgan fingerprint density at radius 3 is 2.53 bits per heavy atom. The summed E-state index contributed by atoms with van der Waals surface area (Å²) in [5.74, 6) is -0.184. The van der Waals surface area contributed by atoms with E-state index in [0.717, 1.165) is 32.7 Å². The van der Waals surface area contributed by atoms with E-state index in [1.807, 2.05) is 48.8 Å². The zero-order valence-electron chi connectivity index (χ0n) is 18.5. The summed E-state index contributed by atoms with van der Waals surface area (Å²) in [6.45, 7) is 2.50. The maximum atomic E-state index is 12.9. The highest BCUT2D eigenvalue weighted by molar-refractivity contribution is 6.05. The Kier molecular flexibility index (Phi) is 6.82. The van der Waals surface area contributed by atoms with Crippen molar-refractivity contribution >= 4 is 33.6 Å². The van der Waals surface area contributed by atoms with E-state index >= 15 is 0 Å². The fraction of sp³-hybridized carbons (Fsp3) is 0.0714. The number of rotatable bonds is 4.